The Kier molecular flexibility index (Phi) is 3.51. The lowest BCUT2D eigenvalue weighted by Crippen LogP contribution is -2.33. The molecule has 118 valence electrons. The van der Waals surface area contributed by atoms with E-state index in [1.165, 1.54) is 11.2 Å². The fourth-order valence-corrected chi connectivity index (χ4v) is 3.14. The fourth-order valence-electron chi connectivity index (χ4n) is 2.31. The lowest BCUT2D eigenvalue weighted by Gasteiger charge is -2.17. The van der Waals surface area contributed by atoms with Gasteiger partial charge < -0.3 is 14.5 Å². The van der Waals surface area contributed by atoms with Gasteiger partial charge in [-0.05, 0) is 0 Å². The summed E-state index contributed by atoms with van der Waals surface area (Å²) in [4.78, 5) is 12.3. The molecule has 22 heavy (non-hydrogen) atoms. The Morgan fingerprint density at radius 2 is 2.18 bits per heavy atom. The minimum Gasteiger partial charge on any atom is -0.481 e. The van der Waals surface area contributed by atoms with Crippen molar-refractivity contribution in [3.05, 3.63) is 12.3 Å². The maximum atomic E-state index is 12.9. The van der Waals surface area contributed by atoms with Crippen LogP contribution in [0.2, 0.25) is 0 Å². The first-order valence-electron chi connectivity index (χ1n) is 6.15. The number of alkyl halides is 3. The molecule has 0 unspecified atom stereocenters. The van der Waals surface area contributed by atoms with Gasteiger partial charge in [0.15, 0.2) is 5.01 Å². The van der Waals surface area contributed by atoms with Gasteiger partial charge in [0, 0.05) is 19.2 Å². The third-order valence-corrected chi connectivity index (χ3v) is 4.41. The lowest BCUT2D eigenvalue weighted by atomic mass is 9.96. The molecule has 1 aliphatic rings. The lowest BCUT2D eigenvalue weighted by molar-refractivity contribution is -0.187. The van der Waals surface area contributed by atoms with Gasteiger partial charge >= 0.3 is 12.1 Å². The summed E-state index contributed by atoms with van der Waals surface area (Å²) in [6.45, 7) is -0.707. The summed E-state index contributed by atoms with van der Waals surface area (Å²) < 4.78 is 43.5. The molecule has 0 bridgehead atoms. The largest absolute Gasteiger partial charge is 0.481 e. The van der Waals surface area contributed by atoms with Gasteiger partial charge in [0.2, 0.25) is 5.13 Å². The van der Waals surface area contributed by atoms with E-state index in [4.69, 9.17) is 5.11 Å². The highest BCUT2D eigenvalue weighted by atomic mass is 32.1. The smallest absolute Gasteiger partial charge is 0.394 e. The zero-order valence-electron chi connectivity index (χ0n) is 10.8. The molecule has 1 N–H and O–H groups in total. The molecule has 2 aromatic heterocycles. The molecule has 0 aliphatic carbocycles. The van der Waals surface area contributed by atoms with Crippen LogP contribution in [0.4, 0.5) is 18.3 Å². The standard InChI is InChI=1S/C11H9F3N4O3S/c12-11(13,14)6-4-18(3-5(6)9(19)20)10-16-15-8(22-10)7-1-2-21-17-7/h1-2,5-6H,3-4H2,(H,19,20)/t5-,6-/m1/s1. The molecule has 1 aliphatic heterocycles. The molecule has 2 atom stereocenters. The van der Waals surface area contributed by atoms with Gasteiger partial charge in [0.05, 0.1) is 11.8 Å². The first-order chi connectivity index (χ1) is 10.4. The molecule has 1 saturated heterocycles. The Labute approximate surface area is 125 Å². The topological polar surface area (TPSA) is 92.3 Å². The molecule has 0 radical (unpaired) electrons. The van der Waals surface area contributed by atoms with Crippen molar-refractivity contribution in [3.8, 4) is 10.7 Å². The van der Waals surface area contributed by atoms with Gasteiger partial charge in [-0.2, -0.15) is 13.2 Å². The number of carbonyl (C=O) groups is 1. The summed E-state index contributed by atoms with van der Waals surface area (Å²) in [7, 11) is 0. The molecule has 0 aromatic carbocycles. The summed E-state index contributed by atoms with van der Waals surface area (Å²) in [5.74, 6) is -4.91. The van der Waals surface area contributed by atoms with Crippen molar-refractivity contribution < 1.29 is 27.6 Å². The summed E-state index contributed by atoms with van der Waals surface area (Å²) in [5.41, 5.74) is 0.421. The molecule has 11 heteroatoms. The molecule has 1 fully saturated rings. The van der Waals surface area contributed by atoms with E-state index >= 15 is 0 Å². The number of aromatic nitrogens is 3. The first-order valence-corrected chi connectivity index (χ1v) is 6.96. The first kappa shape index (κ1) is 14.8. The van der Waals surface area contributed by atoms with E-state index in [1.807, 2.05) is 0 Å². The molecular formula is C11H9F3N4O3S. The zero-order chi connectivity index (χ0) is 15.9. The van der Waals surface area contributed by atoms with Crippen molar-refractivity contribution in [3.63, 3.8) is 0 Å². The molecule has 0 saturated carbocycles. The predicted octanol–water partition coefficient (Wildman–Crippen LogP) is 1.89. The average Bonchev–Trinajstić information content (AvgIpc) is 3.17. The third-order valence-electron chi connectivity index (χ3n) is 3.40. The Hall–Kier alpha value is -2.17. The van der Waals surface area contributed by atoms with Crippen LogP contribution >= 0.6 is 11.3 Å². The second kappa shape index (κ2) is 5.23. The summed E-state index contributed by atoms with van der Waals surface area (Å²) in [5, 5.41) is 20.9. The van der Waals surface area contributed by atoms with Crippen LogP contribution in [-0.4, -0.2) is 45.7 Å². The van der Waals surface area contributed by atoms with E-state index in [0.29, 0.717) is 10.7 Å². The van der Waals surface area contributed by atoms with Crippen LogP contribution in [0.3, 0.4) is 0 Å². The predicted molar refractivity (Wildman–Crippen MR) is 68.3 cm³/mol. The zero-order valence-corrected chi connectivity index (χ0v) is 11.6. The number of aliphatic carboxylic acids is 1. The molecule has 3 heterocycles. The van der Waals surface area contributed by atoms with Crippen LogP contribution in [0.5, 0.6) is 0 Å². The Bertz CT molecular complexity index is 672. The monoisotopic (exact) mass is 334 g/mol. The number of hydrogen-bond acceptors (Lipinski definition) is 7. The number of halogens is 3. The molecule has 3 rings (SSSR count). The van der Waals surface area contributed by atoms with Crippen LogP contribution < -0.4 is 4.90 Å². The Morgan fingerprint density at radius 3 is 2.73 bits per heavy atom. The van der Waals surface area contributed by atoms with Crippen LogP contribution in [0.25, 0.3) is 10.7 Å². The highest BCUT2D eigenvalue weighted by Gasteiger charge is 2.53. The summed E-state index contributed by atoms with van der Waals surface area (Å²) in [6, 6.07) is 1.55. The molecule has 7 nitrogen and oxygen atoms in total. The summed E-state index contributed by atoms with van der Waals surface area (Å²) in [6.07, 6.45) is -3.23. The van der Waals surface area contributed by atoms with Crippen molar-refractivity contribution in [1.29, 1.82) is 0 Å². The average molecular weight is 334 g/mol. The second-order valence-corrected chi connectivity index (χ2v) is 5.73. The van der Waals surface area contributed by atoms with Gasteiger partial charge in [-0.15, -0.1) is 10.2 Å². The summed E-state index contributed by atoms with van der Waals surface area (Å²) >= 11 is 1.04. The molecule has 0 spiro atoms. The van der Waals surface area contributed by atoms with Crippen LogP contribution in [0.1, 0.15) is 0 Å². The molecular weight excluding hydrogens is 325 g/mol. The molecule has 0 amide bonds. The van der Waals surface area contributed by atoms with Crippen LogP contribution in [-0.2, 0) is 4.79 Å². The third kappa shape index (κ3) is 2.63. The number of hydrogen-bond donors (Lipinski definition) is 1. The quantitative estimate of drug-likeness (QED) is 0.916. The van der Waals surface area contributed by atoms with Gasteiger partial charge in [0.1, 0.15) is 12.0 Å². The van der Waals surface area contributed by atoms with Crippen LogP contribution in [0, 0.1) is 11.8 Å². The number of rotatable bonds is 3. The van der Waals surface area contributed by atoms with Crippen molar-refractivity contribution in [1.82, 2.24) is 15.4 Å². The van der Waals surface area contributed by atoms with Crippen molar-refractivity contribution in [2.75, 3.05) is 18.0 Å². The minimum absolute atomic E-state index is 0.232. The van der Waals surface area contributed by atoms with Gasteiger partial charge in [0.25, 0.3) is 0 Å². The van der Waals surface area contributed by atoms with E-state index in [9.17, 15) is 18.0 Å². The fraction of sp³-hybridized carbons (Fsp3) is 0.455. The highest BCUT2D eigenvalue weighted by Crippen LogP contribution is 2.40. The SMILES string of the molecule is O=C(O)[C@@H]1CN(c2nnc(-c3ccon3)s2)C[C@H]1C(F)(F)F. The Balaban J connectivity index is 1.83. The molecule has 2 aromatic rings. The van der Waals surface area contributed by atoms with E-state index in [2.05, 4.69) is 19.9 Å². The van der Waals surface area contributed by atoms with Crippen molar-refractivity contribution in [2.24, 2.45) is 11.8 Å². The van der Waals surface area contributed by atoms with Crippen molar-refractivity contribution in [2.45, 2.75) is 6.18 Å². The van der Waals surface area contributed by atoms with E-state index in [-0.39, 0.29) is 11.7 Å². The van der Waals surface area contributed by atoms with Crippen molar-refractivity contribution >= 4 is 22.4 Å². The van der Waals surface area contributed by atoms with Gasteiger partial charge in [-0.1, -0.05) is 16.5 Å². The number of carboxylic acids is 1. The van der Waals surface area contributed by atoms with E-state index in [0.717, 1.165) is 11.3 Å². The number of nitrogens with zero attached hydrogens (tertiary/aromatic N) is 4. The minimum atomic E-state index is -4.57. The van der Waals surface area contributed by atoms with E-state index < -0.39 is 30.5 Å². The highest BCUT2D eigenvalue weighted by molar-refractivity contribution is 7.18. The van der Waals surface area contributed by atoms with Gasteiger partial charge in [-0.3, -0.25) is 4.79 Å². The number of carboxylic acid groups (broad SMARTS) is 1. The Morgan fingerprint density at radius 1 is 1.41 bits per heavy atom. The van der Waals surface area contributed by atoms with E-state index in [1.54, 1.807) is 6.07 Å². The van der Waals surface area contributed by atoms with Crippen LogP contribution in [0.15, 0.2) is 16.9 Å². The maximum absolute atomic E-state index is 12.9. The number of anilines is 1. The second-order valence-electron chi connectivity index (χ2n) is 4.77. The normalized spacial score (nSPS) is 22.2. The van der Waals surface area contributed by atoms with Gasteiger partial charge in [-0.25, -0.2) is 0 Å². The maximum Gasteiger partial charge on any atom is 0.394 e.